The maximum Gasteiger partial charge on any atom is 0.231 e. The third kappa shape index (κ3) is 3.02. The van der Waals surface area contributed by atoms with Crippen molar-refractivity contribution in [3.63, 3.8) is 0 Å². The van der Waals surface area contributed by atoms with Crippen molar-refractivity contribution < 1.29 is 9.47 Å². The van der Waals surface area contributed by atoms with Crippen LogP contribution in [0.15, 0.2) is 35.7 Å². The first-order valence-electron chi connectivity index (χ1n) is 6.29. The molecule has 1 aliphatic rings. The van der Waals surface area contributed by atoms with Crippen molar-refractivity contribution in [2.75, 3.05) is 13.0 Å². The van der Waals surface area contributed by atoms with Gasteiger partial charge in [-0.1, -0.05) is 17.8 Å². The number of benzene rings is 1. The predicted molar refractivity (Wildman–Crippen MR) is 76.9 cm³/mol. The SMILES string of the molecule is CSc1ncc(CNCc2ccc3c(c2)OCO3)cn1. The molecule has 2 heterocycles. The van der Waals surface area contributed by atoms with Crippen LogP contribution in [-0.2, 0) is 13.1 Å². The van der Waals surface area contributed by atoms with E-state index in [-0.39, 0.29) is 0 Å². The van der Waals surface area contributed by atoms with Crippen molar-refractivity contribution in [2.24, 2.45) is 0 Å². The molecule has 0 fully saturated rings. The highest BCUT2D eigenvalue weighted by Crippen LogP contribution is 2.32. The number of nitrogens with one attached hydrogen (secondary N) is 1. The Morgan fingerprint density at radius 1 is 1.10 bits per heavy atom. The maximum atomic E-state index is 5.36. The minimum Gasteiger partial charge on any atom is -0.454 e. The summed E-state index contributed by atoms with van der Waals surface area (Å²) in [5, 5.41) is 4.16. The Hall–Kier alpha value is -1.79. The second kappa shape index (κ2) is 6.11. The van der Waals surface area contributed by atoms with Gasteiger partial charge in [0.25, 0.3) is 0 Å². The van der Waals surface area contributed by atoms with Gasteiger partial charge >= 0.3 is 0 Å². The van der Waals surface area contributed by atoms with E-state index < -0.39 is 0 Å². The van der Waals surface area contributed by atoms with Gasteiger partial charge in [-0.3, -0.25) is 0 Å². The fourth-order valence-electron chi connectivity index (χ4n) is 1.94. The molecular weight excluding hydrogens is 274 g/mol. The lowest BCUT2D eigenvalue weighted by Gasteiger charge is -2.06. The quantitative estimate of drug-likeness (QED) is 0.673. The molecular formula is C14H15N3O2S. The van der Waals surface area contributed by atoms with E-state index in [0.29, 0.717) is 6.79 Å². The molecule has 0 saturated carbocycles. The zero-order valence-electron chi connectivity index (χ0n) is 11.1. The van der Waals surface area contributed by atoms with Crippen LogP contribution in [0, 0.1) is 0 Å². The number of hydrogen-bond donors (Lipinski definition) is 1. The molecule has 0 saturated heterocycles. The van der Waals surface area contributed by atoms with Crippen LogP contribution in [0.4, 0.5) is 0 Å². The maximum absolute atomic E-state index is 5.36. The van der Waals surface area contributed by atoms with Gasteiger partial charge in [0.1, 0.15) is 0 Å². The lowest BCUT2D eigenvalue weighted by Crippen LogP contribution is -2.13. The highest BCUT2D eigenvalue weighted by Gasteiger charge is 2.12. The van der Waals surface area contributed by atoms with Gasteiger partial charge < -0.3 is 14.8 Å². The van der Waals surface area contributed by atoms with Gasteiger partial charge in [-0.15, -0.1) is 0 Å². The van der Waals surface area contributed by atoms with E-state index in [1.807, 2.05) is 36.8 Å². The van der Waals surface area contributed by atoms with Gasteiger partial charge in [0.15, 0.2) is 16.7 Å². The number of hydrogen-bond acceptors (Lipinski definition) is 6. The van der Waals surface area contributed by atoms with Gasteiger partial charge in [-0.2, -0.15) is 0 Å². The van der Waals surface area contributed by atoms with Crippen molar-refractivity contribution in [3.8, 4) is 11.5 Å². The summed E-state index contributed by atoms with van der Waals surface area (Å²) < 4.78 is 10.6. The van der Waals surface area contributed by atoms with Crippen LogP contribution in [0.25, 0.3) is 0 Å². The minimum atomic E-state index is 0.311. The molecule has 20 heavy (non-hydrogen) atoms. The Labute approximate surface area is 121 Å². The molecule has 1 N–H and O–H groups in total. The first-order chi connectivity index (χ1) is 9.85. The van der Waals surface area contributed by atoms with Crippen LogP contribution in [-0.4, -0.2) is 23.0 Å². The summed E-state index contributed by atoms with van der Waals surface area (Å²) in [5.74, 6) is 1.63. The molecule has 0 aliphatic carbocycles. The van der Waals surface area contributed by atoms with Gasteiger partial charge in [0, 0.05) is 31.0 Å². The van der Waals surface area contributed by atoms with Gasteiger partial charge in [-0.05, 0) is 24.0 Å². The van der Waals surface area contributed by atoms with E-state index in [4.69, 9.17) is 9.47 Å². The monoisotopic (exact) mass is 289 g/mol. The minimum absolute atomic E-state index is 0.311. The molecule has 6 heteroatoms. The van der Waals surface area contributed by atoms with Crippen LogP contribution in [0.5, 0.6) is 11.5 Å². The molecule has 1 aromatic heterocycles. The number of aromatic nitrogens is 2. The molecule has 2 aromatic rings. The number of fused-ring (bicyclic) bond motifs is 1. The van der Waals surface area contributed by atoms with Crippen molar-refractivity contribution >= 4 is 11.8 Å². The summed E-state index contributed by atoms with van der Waals surface area (Å²) in [7, 11) is 0. The largest absolute Gasteiger partial charge is 0.454 e. The molecule has 0 atom stereocenters. The summed E-state index contributed by atoms with van der Waals surface area (Å²) in [6.45, 7) is 1.81. The summed E-state index contributed by atoms with van der Waals surface area (Å²) in [6.07, 6.45) is 5.67. The standard InChI is InChI=1S/C14H15N3O2S/c1-20-14-16-7-11(8-17-14)6-15-5-10-2-3-12-13(4-10)19-9-18-12/h2-4,7-8,15H,5-6,9H2,1H3. The second-order valence-corrected chi connectivity index (χ2v) is 5.14. The molecule has 0 radical (unpaired) electrons. The predicted octanol–water partition coefficient (Wildman–Crippen LogP) is 2.22. The lowest BCUT2D eigenvalue weighted by atomic mass is 10.2. The zero-order valence-corrected chi connectivity index (χ0v) is 11.9. The topological polar surface area (TPSA) is 56.3 Å². The van der Waals surface area contributed by atoms with E-state index in [2.05, 4.69) is 15.3 Å². The molecule has 1 aromatic carbocycles. The average molecular weight is 289 g/mol. The number of rotatable bonds is 5. The summed E-state index contributed by atoms with van der Waals surface area (Å²) in [5.41, 5.74) is 2.24. The van der Waals surface area contributed by atoms with Gasteiger partial charge in [0.2, 0.25) is 6.79 Å². The summed E-state index contributed by atoms with van der Waals surface area (Å²) >= 11 is 1.54. The number of ether oxygens (including phenoxy) is 2. The first kappa shape index (κ1) is 13.2. The highest BCUT2D eigenvalue weighted by molar-refractivity contribution is 7.98. The van der Waals surface area contributed by atoms with Crippen LogP contribution in [0.3, 0.4) is 0 Å². The Balaban J connectivity index is 1.54. The van der Waals surface area contributed by atoms with Crippen molar-refractivity contribution in [3.05, 3.63) is 41.7 Å². The van der Waals surface area contributed by atoms with Crippen molar-refractivity contribution in [2.45, 2.75) is 18.2 Å². The third-order valence-corrected chi connectivity index (χ3v) is 3.54. The Morgan fingerprint density at radius 2 is 1.85 bits per heavy atom. The average Bonchev–Trinajstić information content (AvgIpc) is 2.95. The smallest absolute Gasteiger partial charge is 0.231 e. The van der Waals surface area contributed by atoms with E-state index in [1.165, 1.54) is 0 Å². The number of thioether (sulfide) groups is 1. The molecule has 104 valence electrons. The fourth-order valence-corrected chi connectivity index (χ4v) is 2.26. The second-order valence-electron chi connectivity index (χ2n) is 4.37. The van der Waals surface area contributed by atoms with Gasteiger partial charge in [0.05, 0.1) is 0 Å². The molecule has 0 bridgehead atoms. The lowest BCUT2D eigenvalue weighted by molar-refractivity contribution is 0.174. The normalized spacial score (nSPS) is 12.7. The molecule has 0 amide bonds. The van der Waals surface area contributed by atoms with E-state index in [1.54, 1.807) is 11.8 Å². The summed E-state index contributed by atoms with van der Waals surface area (Å²) in [4.78, 5) is 8.49. The molecule has 5 nitrogen and oxygen atoms in total. The Kier molecular flexibility index (Phi) is 4.03. The van der Waals surface area contributed by atoms with Crippen LogP contribution < -0.4 is 14.8 Å². The molecule has 0 spiro atoms. The van der Waals surface area contributed by atoms with E-state index in [0.717, 1.165) is 40.9 Å². The highest BCUT2D eigenvalue weighted by atomic mass is 32.2. The number of nitrogens with zero attached hydrogens (tertiary/aromatic N) is 2. The van der Waals surface area contributed by atoms with Crippen LogP contribution in [0.1, 0.15) is 11.1 Å². The fraction of sp³-hybridized carbons (Fsp3) is 0.286. The van der Waals surface area contributed by atoms with Crippen LogP contribution in [0.2, 0.25) is 0 Å². The third-order valence-electron chi connectivity index (χ3n) is 2.96. The van der Waals surface area contributed by atoms with Crippen LogP contribution >= 0.6 is 11.8 Å². The van der Waals surface area contributed by atoms with Crippen molar-refractivity contribution in [1.82, 2.24) is 15.3 Å². The zero-order chi connectivity index (χ0) is 13.8. The summed E-state index contributed by atoms with van der Waals surface area (Å²) in [6, 6.07) is 5.98. The Bertz CT molecular complexity index is 589. The van der Waals surface area contributed by atoms with Gasteiger partial charge in [-0.25, -0.2) is 9.97 Å². The molecule has 0 unspecified atom stereocenters. The van der Waals surface area contributed by atoms with Crippen molar-refractivity contribution in [1.29, 1.82) is 0 Å². The van der Waals surface area contributed by atoms with E-state index in [9.17, 15) is 0 Å². The Morgan fingerprint density at radius 3 is 2.65 bits per heavy atom. The first-order valence-corrected chi connectivity index (χ1v) is 7.52. The molecule has 1 aliphatic heterocycles. The van der Waals surface area contributed by atoms with E-state index >= 15 is 0 Å². The molecule has 3 rings (SSSR count).